The lowest BCUT2D eigenvalue weighted by molar-refractivity contribution is -0.134. The van der Waals surface area contributed by atoms with Gasteiger partial charge < -0.3 is 25.4 Å². The molecule has 3 atom stereocenters. The summed E-state index contributed by atoms with van der Waals surface area (Å²) in [6.07, 6.45) is 5.44. The van der Waals surface area contributed by atoms with Crippen molar-refractivity contribution >= 4 is 17.6 Å². The molecule has 8 heteroatoms. The molecule has 3 aromatic carbocycles. The first-order chi connectivity index (χ1) is 21.8. The molecule has 8 nitrogen and oxygen atoms in total. The van der Waals surface area contributed by atoms with Crippen LogP contribution in [-0.2, 0) is 17.8 Å². The van der Waals surface area contributed by atoms with Gasteiger partial charge in [-0.2, -0.15) is 0 Å². The fourth-order valence-electron chi connectivity index (χ4n) is 6.44. The number of carbonyl (C=O) groups is 2. The molecule has 0 aromatic heterocycles. The number of urea groups is 1. The molecule has 5 rings (SSSR count). The van der Waals surface area contributed by atoms with Crippen LogP contribution < -0.4 is 15.4 Å². The zero-order valence-corrected chi connectivity index (χ0v) is 26.9. The number of nitrogens with one attached hydrogen (secondary N) is 2. The van der Waals surface area contributed by atoms with Gasteiger partial charge in [-0.15, -0.1) is 0 Å². The van der Waals surface area contributed by atoms with Crippen molar-refractivity contribution in [2.24, 2.45) is 5.92 Å². The predicted octanol–water partition coefficient (Wildman–Crippen LogP) is 6.09. The minimum absolute atomic E-state index is 0.0101. The molecule has 0 bridgehead atoms. The van der Waals surface area contributed by atoms with Crippen molar-refractivity contribution in [3.8, 4) is 16.9 Å². The Bertz CT molecular complexity index is 1410. The number of amides is 3. The molecule has 3 N–H and O–H groups in total. The van der Waals surface area contributed by atoms with E-state index in [1.165, 1.54) is 23.1 Å². The highest BCUT2D eigenvalue weighted by Crippen LogP contribution is 2.30. The third kappa shape index (κ3) is 8.86. The first-order valence-corrected chi connectivity index (χ1v) is 16.4. The van der Waals surface area contributed by atoms with Gasteiger partial charge in [0, 0.05) is 42.8 Å². The summed E-state index contributed by atoms with van der Waals surface area (Å²) >= 11 is 0. The first-order valence-electron chi connectivity index (χ1n) is 16.4. The number of carbonyl (C=O) groups excluding carboxylic acids is 2. The molecule has 3 aromatic rings. The maximum absolute atomic E-state index is 13.6. The number of anilines is 1. The van der Waals surface area contributed by atoms with Crippen LogP contribution >= 0.6 is 0 Å². The summed E-state index contributed by atoms with van der Waals surface area (Å²) in [5, 5.41) is 16.0. The van der Waals surface area contributed by atoms with E-state index in [-0.39, 0.29) is 49.1 Å². The fourth-order valence-corrected chi connectivity index (χ4v) is 6.44. The molecule has 0 saturated heterocycles. The molecule has 1 fully saturated rings. The second-order valence-electron chi connectivity index (χ2n) is 12.9. The average molecular weight is 613 g/mol. The Kier molecular flexibility index (Phi) is 11.1. The zero-order chi connectivity index (χ0) is 31.8. The lowest BCUT2D eigenvalue weighted by Crippen LogP contribution is -2.47. The number of likely N-dealkylation sites (N-methyl/N-ethyl adjacent to an activating group) is 1. The van der Waals surface area contributed by atoms with E-state index in [0.29, 0.717) is 24.5 Å². The number of hydrogen-bond acceptors (Lipinski definition) is 5. The summed E-state index contributed by atoms with van der Waals surface area (Å²) in [7, 11) is 2.09. The van der Waals surface area contributed by atoms with E-state index in [0.717, 1.165) is 37.8 Å². The highest BCUT2D eigenvalue weighted by molar-refractivity contribution is 5.90. The van der Waals surface area contributed by atoms with Crippen molar-refractivity contribution in [3.63, 3.8) is 0 Å². The molecule has 1 heterocycles. The van der Waals surface area contributed by atoms with Gasteiger partial charge in [0.15, 0.2) is 0 Å². The van der Waals surface area contributed by atoms with Crippen molar-refractivity contribution < 1.29 is 19.4 Å². The lowest BCUT2D eigenvalue weighted by atomic mass is 9.96. The number of nitrogens with zero attached hydrogens (tertiary/aromatic N) is 2. The summed E-state index contributed by atoms with van der Waals surface area (Å²) < 4.78 is 6.69. The molecule has 1 aliphatic heterocycles. The zero-order valence-electron chi connectivity index (χ0n) is 26.9. The maximum Gasteiger partial charge on any atom is 0.319 e. The smallest absolute Gasteiger partial charge is 0.319 e. The van der Waals surface area contributed by atoms with E-state index in [4.69, 9.17) is 4.74 Å². The summed E-state index contributed by atoms with van der Waals surface area (Å²) in [6.45, 7) is 5.75. The Morgan fingerprint density at radius 3 is 2.44 bits per heavy atom. The van der Waals surface area contributed by atoms with Gasteiger partial charge in [0.2, 0.25) is 5.91 Å². The topological polar surface area (TPSA) is 94.1 Å². The van der Waals surface area contributed by atoms with Crippen LogP contribution in [0, 0.1) is 5.92 Å². The van der Waals surface area contributed by atoms with Gasteiger partial charge in [-0.1, -0.05) is 80.8 Å². The Morgan fingerprint density at radius 2 is 1.73 bits per heavy atom. The minimum Gasteiger partial charge on any atom is -0.488 e. The molecular weight excluding hydrogens is 564 g/mol. The first kappa shape index (κ1) is 32.5. The second-order valence-corrected chi connectivity index (χ2v) is 12.9. The number of aliphatic hydroxyl groups is 1. The molecular formula is C37H48N4O4. The highest BCUT2D eigenvalue weighted by atomic mass is 16.5. The van der Waals surface area contributed by atoms with Crippen molar-refractivity contribution in [3.05, 3.63) is 83.9 Å². The van der Waals surface area contributed by atoms with Crippen molar-refractivity contribution in [1.29, 1.82) is 0 Å². The molecule has 3 amide bonds. The Labute approximate surface area is 267 Å². The maximum atomic E-state index is 13.6. The van der Waals surface area contributed by atoms with Crippen LogP contribution in [0.15, 0.2) is 72.8 Å². The van der Waals surface area contributed by atoms with E-state index in [2.05, 4.69) is 78.0 Å². The van der Waals surface area contributed by atoms with Gasteiger partial charge in [-0.3, -0.25) is 9.69 Å². The van der Waals surface area contributed by atoms with Crippen molar-refractivity contribution in [1.82, 2.24) is 15.1 Å². The number of benzene rings is 3. The van der Waals surface area contributed by atoms with E-state index in [1.807, 2.05) is 31.2 Å². The molecule has 45 heavy (non-hydrogen) atoms. The van der Waals surface area contributed by atoms with Gasteiger partial charge in [0.05, 0.1) is 19.1 Å². The SMILES string of the molecule is C[C@@H]1CN([C@@H](C)CO)C(=O)Cc2cc(NC(=O)NC3CCCCC3)ccc2O[C@@H]1CN(C)Cc1ccc(-c2ccccc2)cc1. The Balaban J connectivity index is 1.31. The van der Waals surface area contributed by atoms with Gasteiger partial charge in [-0.05, 0) is 61.7 Å². The van der Waals surface area contributed by atoms with Crippen molar-refractivity contribution in [2.45, 2.75) is 77.1 Å². The standard InChI is InChI=1S/C37H48N4O4/c1-26-22-41(27(2)25-42)36(43)21-31-20-33(39-37(44)38-32-12-8-5-9-13-32)18-19-34(31)45-35(26)24-40(3)23-28-14-16-30(17-15-28)29-10-6-4-7-11-29/h4,6-7,10-11,14-20,26-27,32,35,42H,5,8-9,12-13,21-25H2,1-3H3,(H2,38,39,44)/t26-,27+,35-/m1/s1. The molecule has 0 unspecified atom stereocenters. The quantitative estimate of drug-likeness (QED) is 0.272. The molecule has 0 radical (unpaired) electrons. The summed E-state index contributed by atoms with van der Waals surface area (Å²) in [6, 6.07) is 24.2. The van der Waals surface area contributed by atoms with E-state index < -0.39 is 0 Å². The third-order valence-corrected chi connectivity index (χ3v) is 9.12. The van der Waals surface area contributed by atoms with Crippen LogP contribution in [0.4, 0.5) is 10.5 Å². The normalized spacial score (nSPS) is 19.9. The summed E-state index contributed by atoms with van der Waals surface area (Å²) in [4.78, 5) is 30.4. The molecule has 0 spiro atoms. The third-order valence-electron chi connectivity index (χ3n) is 9.12. The van der Waals surface area contributed by atoms with Gasteiger partial charge in [0.25, 0.3) is 0 Å². The number of ether oxygens (including phenoxy) is 1. The van der Waals surface area contributed by atoms with Crippen LogP contribution in [-0.4, -0.2) is 71.8 Å². The van der Waals surface area contributed by atoms with E-state index in [1.54, 1.807) is 4.90 Å². The van der Waals surface area contributed by atoms with Crippen LogP contribution in [0.3, 0.4) is 0 Å². The molecule has 1 saturated carbocycles. The average Bonchev–Trinajstić information content (AvgIpc) is 3.09. The second kappa shape index (κ2) is 15.4. The monoisotopic (exact) mass is 612 g/mol. The van der Waals surface area contributed by atoms with E-state index >= 15 is 0 Å². The Morgan fingerprint density at radius 1 is 1.02 bits per heavy atom. The molecule has 2 aliphatic rings. The van der Waals surface area contributed by atoms with E-state index in [9.17, 15) is 14.7 Å². The van der Waals surface area contributed by atoms with Gasteiger partial charge in [0.1, 0.15) is 11.9 Å². The molecule has 240 valence electrons. The lowest BCUT2D eigenvalue weighted by Gasteiger charge is -2.34. The largest absolute Gasteiger partial charge is 0.488 e. The van der Waals surface area contributed by atoms with Crippen LogP contribution in [0.5, 0.6) is 5.75 Å². The number of aliphatic hydroxyl groups excluding tert-OH is 1. The predicted molar refractivity (Wildman–Crippen MR) is 179 cm³/mol. The van der Waals surface area contributed by atoms with Crippen LogP contribution in [0.1, 0.15) is 57.1 Å². The van der Waals surface area contributed by atoms with Crippen LogP contribution in [0.25, 0.3) is 11.1 Å². The summed E-state index contributed by atoms with van der Waals surface area (Å²) in [5.74, 6) is 0.595. The van der Waals surface area contributed by atoms with Crippen molar-refractivity contribution in [2.75, 3.05) is 32.1 Å². The number of fused-ring (bicyclic) bond motifs is 1. The van der Waals surface area contributed by atoms with Crippen LogP contribution in [0.2, 0.25) is 0 Å². The summed E-state index contributed by atoms with van der Waals surface area (Å²) in [5.41, 5.74) is 4.95. The minimum atomic E-state index is -0.314. The highest BCUT2D eigenvalue weighted by Gasteiger charge is 2.31. The number of rotatable bonds is 9. The molecule has 1 aliphatic carbocycles. The van der Waals surface area contributed by atoms with Gasteiger partial charge >= 0.3 is 6.03 Å². The fraction of sp³-hybridized carbons (Fsp3) is 0.459. The van der Waals surface area contributed by atoms with Gasteiger partial charge in [-0.25, -0.2) is 4.79 Å². The number of hydrogen-bond donors (Lipinski definition) is 3. The Hall–Kier alpha value is -3.88.